The molecule has 1 aromatic rings. The Morgan fingerprint density at radius 1 is 1.33 bits per heavy atom. The van der Waals surface area contributed by atoms with Crippen LogP contribution in [0.4, 0.5) is 5.95 Å². The van der Waals surface area contributed by atoms with Crippen molar-refractivity contribution in [1.29, 1.82) is 0 Å². The molecule has 6 heteroatoms. The summed E-state index contributed by atoms with van der Waals surface area (Å²) in [5.74, 6) is 0.537. The molecule has 1 aromatic heterocycles. The van der Waals surface area contributed by atoms with Gasteiger partial charge in [0, 0.05) is 11.8 Å². The molecule has 6 nitrogen and oxygen atoms in total. The first-order valence-corrected chi connectivity index (χ1v) is 5.72. The number of rotatable bonds is 5. The highest BCUT2D eigenvalue weighted by atomic mass is 16.5. The number of carbonyl (C=O) groups is 1. The quantitative estimate of drug-likeness (QED) is 0.800. The van der Waals surface area contributed by atoms with Gasteiger partial charge in [0.25, 0.3) is 0 Å². The molecule has 0 saturated heterocycles. The molecule has 1 unspecified atom stereocenters. The Labute approximate surface area is 107 Å². The first-order chi connectivity index (χ1) is 8.47. The Balaban J connectivity index is 2.93. The van der Waals surface area contributed by atoms with Crippen LogP contribution >= 0.6 is 0 Å². The molecule has 0 bridgehead atoms. The predicted molar refractivity (Wildman–Crippen MR) is 67.6 cm³/mol. The van der Waals surface area contributed by atoms with Crippen molar-refractivity contribution in [2.24, 2.45) is 5.92 Å². The standard InChI is InChI=1S/C12H19N3O3/c1-7(2)10(11(16)18-5)15-12-13-8(3)6-9(14-12)17-4/h6-7,10H,1-5H3,(H,13,14,15). The summed E-state index contributed by atoms with van der Waals surface area (Å²) >= 11 is 0. The average Bonchev–Trinajstić information content (AvgIpc) is 2.34. The SMILES string of the molecule is COC(=O)C(Nc1nc(C)cc(OC)n1)C(C)C. The van der Waals surface area contributed by atoms with Gasteiger partial charge in [0.1, 0.15) is 6.04 Å². The number of esters is 1. The zero-order chi connectivity index (χ0) is 13.7. The first kappa shape index (κ1) is 14.2. The van der Waals surface area contributed by atoms with E-state index in [9.17, 15) is 4.79 Å². The van der Waals surface area contributed by atoms with Gasteiger partial charge in [-0.1, -0.05) is 13.8 Å². The summed E-state index contributed by atoms with van der Waals surface area (Å²) in [5.41, 5.74) is 0.761. The van der Waals surface area contributed by atoms with Crippen LogP contribution in [0.3, 0.4) is 0 Å². The lowest BCUT2D eigenvalue weighted by molar-refractivity contribution is -0.142. The molecule has 1 atom stereocenters. The largest absolute Gasteiger partial charge is 0.481 e. The van der Waals surface area contributed by atoms with Crippen molar-refractivity contribution in [3.05, 3.63) is 11.8 Å². The van der Waals surface area contributed by atoms with Gasteiger partial charge in [-0.25, -0.2) is 9.78 Å². The number of anilines is 1. The fourth-order valence-corrected chi connectivity index (χ4v) is 1.47. The summed E-state index contributed by atoms with van der Waals surface area (Å²) < 4.78 is 9.80. The molecule has 1 heterocycles. The molecule has 1 N–H and O–H groups in total. The van der Waals surface area contributed by atoms with E-state index in [1.54, 1.807) is 6.07 Å². The average molecular weight is 253 g/mol. The topological polar surface area (TPSA) is 73.3 Å². The van der Waals surface area contributed by atoms with E-state index in [1.165, 1.54) is 14.2 Å². The molecule has 0 aromatic carbocycles. The molecule has 0 aliphatic heterocycles. The van der Waals surface area contributed by atoms with E-state index < -0.39 is 6.04 Å². The third-order valence-corrected chi connectivity index (χ3v) is 2.45. The number of nitrogens with one attached hydrogen (secondary N) is 1. The van der Waals surface area contributed by atoms with Gasteiger partial charge in [-0.05, 0) is 12.8 Å². The van der Waals surface area contributed by atoms with E-state index in [2.05, 4.69) is 15.3 Å². The van der Waals surface area contributed by atoms with E-state index in [0.29, 0.717) is 11.8 Å². The van der Waals surface area contributed by atoms with Gasteiger partial charge in [0.2, 0.25) is 11.8 Å². The number of methoxy groups -OCH3 is 2. The van der Waals surface area contributed by atoms with Gasteiger partial charge in [-0.3, -0.25) is 0 Å². The number of nitrogens with zero attached hydrogens (tertiary/aromatic N) is 2. The molecule has 1 rings (SSSR count). The van der Waals surface area contributed by atoms with Crippen LogP contribution in [0.5, 0.6) is 5.88 Å². The highest BCUT2D eigenvalue weighted by Crippen LogP contribution is 2.14. The Bertz CT molecular complexity index is 421. The Hall–Kier alpha value is -1.85. The number of hydrogen-bond donors (Lipinski definition) is 1. The Morgan fingerprint density at radius 2 is 2.00 bits per heavy atom. The molecule has 0 aliphatic carbocycles. The van der Waals surface area contributed by atoms with E-state index in [-0.39, 0.29) is 11.9 Å². The maximum atomic E-state index is 11.6. The Morgan fingerprint density at radius 3 is 2.50 bits per heavy atom. The fraction of sp³-hybridized carbons (Fsp3) is 0.583. The van der Waals surface area contributed by atoms with Gasteiger partial charge in [0.05, 0.1) is 14.2 Å². The van der Waals surface area contributed by atoms with Gasteiger partial charge in [0.15, 0.2) is 0 Å². The number of carbonyl (C=O) groups excluding carboxylic acids is 1. The maximum Gasteiger partial charge on any atom is 0.328 e. The highest BCUT2D eigenvalue weighted by molar-refractivity contribution is 5.78. The maximum absolute atomic E-state index is 11.6. The summed E-state index contributed by atoms with van der Waals surface area (Å²) in [7, 11) is 2.89. The zero-order valence-electron chi connectivity index (χ0n) is 11.4. The summed E-state index contributed by atoms with van der Waals surface area (Å²) in [5, 5.41) is 2.97. The minimum atomic E-state index is -0.485. The van der Waals surface area contributed by atoms with Crippen LogP contribution in [0.1, 0.15) is 19.5 Å². The van der Waals surface area contributed by atoms with Crippen LogP contribution in [-0.4, -0.2) is 36.2 Å². The van der Waals surface area contributed by atoms with E-state index in [0.717, 1.165) is 5.69 Å². The lowest BCUT2D eigenvalue weighted by Gasteiger charge is -2.20. The van der Waals surface area contributed by atoms with E-state index >= 15 is 0 Å². The van der Waals surface area contributed by atoms with Crippen LogP contribution < -0.4 is 10.1 Å². The Kier molecular flexibility index (Phi) is 4.88. The number of aromatic nitrogens is 2. The monoisotopic (exact) mass is 253 g/mol. The zero-order valence-corrected chi connectivity index (χ0v) is 11.4. The van der Waals surface area contributed by atoms with Crippen LogP contribution in [0.25, 0.3) is 0 Å². The second kappa shape index (κ2) is 6.18. The fourth-order valence-electron chi connectivity index (χ4n) is 1.47. The molecule has 100 valence electrons. The molecule has 0 radical (unpaired) electrons. The molecule has 0 amide bonds. The second-order valence-corrected chi connectivity index (χ2v) is 4.26. The van der Waals surface area contributed by atoms with Crippen molar-refractivity contribution in [3.8, 4) is 5.88 Å². The molecule has 0 spiro atoms. The molecule has 0 aliphatic rings. The molecular formula is C12H19N3O3. The van der Waals surface area contributed by atoms with Crippen LogP contribution in [0.2, 0.25) is 0 Å². The molecule has 18 heavy (non-hydrogen) atoms. The summed E-state index contributed by atoms with van der Waals surface area (Å²) in [4.78, 5) is 20.0. The van der Waals surface area contributed by atoms with Gasteiger partial charge in [-0.2, -0.15) is 4.98 Å². The number of ether oxygens (including phenoxy) is 2. The smallest absolute Gasteiger partial charge is 0.328 e. The van der Waals surface area contributed by atoms with Crippen molar-refractivity contribution in [2.75, 3.05) is 19.5 Å². The predicted octanol–water partition coefficient (Wildman–Crippen LogP) is 1.40. The lowest BCUT2D eigenvalue weighted by Crippen LogP contribution is -2.36. The van der Waals surface area contributed by atoms with Crippen molar-refractivity contribution in [3.63, 3.8) is 0 Å². The number of aryl methyl sites for hydroxylation is 1. The molecular weight excluding hydrogens is 234 g/mol. The first-order valence-electron chi connectivity index (χ1n) is 5.72. The van der Waals surface area contributed by atoms with Crippen LogP contribution in [0.15, 0.2) is 6.07 Å². The normalized spacial score (nSPS) is 12.1. The van der Waals surface area contributed by atoms with Gasteiger partial charge in [-0.15, -0.1) is 0 Å². The third kappa shape index (κ3) is 3.58. The minimum Gasteiger partial charge on any atom is -0.481 e. The summed E-state index contributed by atoms with van der Waals surface area (Å²) in [6.07, 6.45) is 0. The summed E-state index contributed by atoms with van der Waals surface area (Å²) in [6, 6.07) is 1.23. The van der Waals surface area contributed by atoms with E-state index in [4.69, 9.17) is 9.47 Å². The van der Waals surface area contributed by atoms with E-state index in [1.807, 2.05) is 20.8 Å². The summed E-state index contributed by atoms with van der Waals surface area (Å²) in [6.45, 7) is 5.67. The van der Waals surface area contributed by atoms with Crippen LogP contribution in [-0.2, 0) is 9.53 Å². The second-order valence-electron chi connectivity index (χ2n) is 4.26. The van der Waals surface area contributed by atoms with Crippen molar-refractivity contribution in [1.82, 2.24) is 9.97 Å². The van der Waals surface area contributed by atoms with Crippen molar-refractivity contribution >= 4 is 11.9 Å². The molecule has 0 fully saturated rings. The minimum absolute atomic E-state index is 0.0626. The van der Waals surface area contributed by atoms with Gasteiger partial charge < -0.3 is 14.8 Å². The number of hydrogen-bond acceptors (Lipinski definition) is 6. The highest BCUT2D eigenvalue weighted by Gasteiger charge is 2.23. The molecule has 0 saturated carbocycles. The van der Waals surface area contributed by atoms with Gasteiger partial charge >= 0.3 is 5.97 Å². The lowest BCUT2D eigenvalue weighted by atomic mass is 10.1. The van der Waals surface area contributed by atoms with Crippen molar-refractivity contribution < 1.29 is 14.3 Å². The third-order valence-electron chi connectivity index (χ3n) is 2.45. The van der Waals surface area contributed by atoms with Crippen molar-refractivity contribution in [2.45, 2.75) is 26.8 Å². The van der Waals surface area contributed by atoms with Crippen LogP contribution in [0, 0.1) is 12.8 Å².